The van der Waals surface area contributed by atoms with Gasteiger partial charge in [-0.3, -0.25) is 14.4 Å². The molecule has 0 aliphatic carbocycles. The van der Waals surface area contributed by atoms with Crippen molar-refractivity contribution in [3.63, 3.8) is 0 Å². The lowest BCUT2D eigenvalue weighted by Crippen LogP contribution is -2.43. The SMILES string of the molecule is O=C(Nc1cccc(-c2ccc(S(=O)N3CCNCC3)s2)c1)c1ccc2[nH]c(=O)c(=O)[nH]c2c1. The van der Waals surface area contributed by atoms with Crippen LogP contribution in [0.25, 0.3) is 21.5 Å². The number of amides is 1. The molecule has 1 aliphatic rings. The van der Waals surface area contributed by atoms with Crippen LogP contribution in [0.4, 0.5) is 5.69 Å². The molecule has 2 aromatic heterocycles. The van der Waals surface area contributed by atoms with Crippen LogP contribution < -0.4 is 21.8 Å². The molecule has 174 valence electrons. The van der Waals surface area contributed by atoms with E-state index in [9.17, 15) is 18.6 Å². The molecule has 11 heteroatoms. The standard InChI is InChI=1S/C23H21N5O4S2/c29-21(15-4-5-17-18(13-15)27-23(31)22(30)26-17)25-16-3-1-2-14(12-16)19-6-7-20(33-19)34(32)28-10-8-24-9-11-28/h1-7,12-13,24H,8-11H2,(H,25,29)(H,26,30)(H,27,31). The predicted molar refractivity (Wildman–Crippen MR) is 134 cm³/mol. The van der Waals surface area contributed by atoms with Gasteiger partial charge in [0, 0.05) is 42.3 Å². The van der Waals surface area contributed by atoms with Crippen molar-refractivity contribution in [2.45, 2.75) is 4.21 Å². The number of aromatic nitrogens is 2. The quantitative estimate of drug-likeness (QED) is 0.316. The van der Waals surface area contributed by atoms with E-state index in [4.69, 9.17) is 0 Å². The van der Waals surface area contributed by atoms with Crippen molar-refractivity contribution in [2.24, 2.45) is 0 Å². The molecule has 1 aliphatic heterocycles. The Morgan fingerprint density at radius 3 is 2.50 bits per heavy atom. The summed E-state index contributed by atoms with van der Waals surface area (Å²) in [6.07, 6.45) is 0. The summed E-state index contributed by atoms with van der Waals surface area (Å²) >= 11 is 1.48. The first-order valence-electron chi connectivity index (χ1n) is 10.6. The Labute approximate surface area is 200 Å². The van der Waals surface area contributed by atoms with Crippen LogP contribution in [-0.4, -0.2) is 50.6 Å². The van der Waals surface area contributed by atoms with Crippen molar-refractivity contribution in [3.05, 3.63) is 80.9 Å². The summed E-state index contributed by atoms with van der Waals surface area (Å²) in [7, 11) is -1.18. The maximum absolute atomic E-state index is 12.9. The van der Waals surface area contributed by atoms with Crippen LogP contribution in [0.3, 0.4) is 0 Å². The predicted octanol–water partition coefficient (Wildman–Crippen LogP) is 2.12. The lowest BCUT2D eigenvalue weighted by molar-refractivity contribution is 0.102. The number of nitrogens with zero attached hydrogens (tertiary/aromatic N) is 1. The Hall–Kier alpha value is -3.38. The number of hydrogen-bond acceptors (Lipinski definition) is 6. The van der Waals surface area contributed by atoms with Gasteiger partial charge in [0.15, 0.2) is 0 Å². The van der Waals surface area contributed by atoms with E-state index in [1.54, 1.807) is 18.2 Å². The first-order valence-corrected chi connectivity index (χ1v) is 12.6. The van der Waals surface area contributed by atoms with Gasteiger partial charge in [-0.25, -0.2) is 8.51 Å². The van der Waals surface area contributed by atoms with Crippen LogP contribution >= 0.6 is 11.3 Å². The summed E-state index contributed by atoms with van der Waals surface area (Å²) in [4.78, 5) is 41.8. The molecular weight excluding hydrogens is 474 g/mol. The summed E-state index contributed by atoms with van der Waals surface area (Å²) in [5.74, 6) is -0.349. The van der Waals surface area contributed by atoms with Gasteiger partial charge < -0.3 is 20.6 Å². The molecule has 1 atom stereocenters. The molecular formula is C23H21N5O4S2. The highest BCUT2D eigenvalue weighted by atomic mass is 32.2. The van der Waals surface area contributed by atoms with E-state index in [1.165, 1.54) is 17.4 Å². The zero-order valence-electron chi connectivity index (χ0n) is 17.9. The van der Waals surface area contributed by atoms with Crippen LogP contribution in [0.2, 0.25) is 0 Å². The number of H-pyrrole nitrogens is 2. The van der Waals surface area contributed by atoms with Crippen molar-refractivity contribution in [3.8, 4) is 10.4 Å². The molecule has 4 aromatic rings. The first-order chi connectivity index (χ1) is 16.5. The van der Waals surface area contributed by atoms with Gasteiger partial charge in [-0.05, 0) is 48.0 Å². The van der Waals surface area contributed by atoms with Crippen LogP contribution in [0.15, 0.2) is 68.4 Å². The maximum Gasteiger partial charge on any atom is 0.314 e. The van der Waals surface area contributed by atoms with Gasteiger partial charge in [-0.2, -0.15) is 0 Å². The summed E-state index contributed by atoms with van der Waals surface area (Å²) in [6, 6.07) is 15.9. The molecule has 0 radical (unpaired) electrons. The van der Waals surface area contributed by atoms with Crippen LogP contribution in [0, 0.1) is 0 Å². The fourth-order valence-corrected chi connectivity index (χ4v) is 6.27. The topological polar surface area (TPSA) is 127 Å². The molecule has 9 nitrogen and oxygen atoms in total. The van der Waals surface area contributed by atoms with Crippen molar-refractivity contribution in [1.29, 1.82) is 0 Å². The molecule has 1 amide bonds. The molecule has 1 fully saturated rings. The number of carbonyl (C=O) groups is 1. The fourth-order valence-electron chi connectivity index (χ4n) is 3.72. The zero-order chi connectivity index (χ0) is 23.7. The van der Waals surface area contributed by atoms with E-state index >= 15 is 0 Å². The molecule has 0 bridgehead atoms. The number of piperazine rings is 1. The Bertz CT molecular complexity index is 1520. The summed E-state index contributed by atoms with van der Waals surface area (Å²) in [5, 5.41) is 6.13. The van der Waals surface area contributed by atoms with Gasteiger partial charge in [-0.15, -0.1) is 11.3 Å². The zero-order valence-corrected chi connectivity index (χ0v) is 19.6. The van der Waals surface area contributed by atoms with Gasteiger partial charge in [0.2, 0.25) is 0 Å². The lowest BCUT2D eigenvalue weighted by Gasteiger charge is -2.25. The molecule has 3 heterocycles. The normalized spacial score (nSPS) is 15.3. The third kappa shape index (κ3) is 4.64. The summed E-state index contributed by atoms with van der Waals surface area (Å²) < 4.78 is 15.6. The number of fused-ring (bicyclic) bond motifs is 1. The summed E-state index contributed by atoms with van der Waals surface area (Å²) in [5.41, 5.74) is 1.15. The molecule has 0 saturated carbocycles. The Balaban J connectivity index is 1.34. The van der Waals surface area contributed by atoms with E-state index in [1.807, 2.05) is 34.6 Å². The number of thiophene rings is 1. The first kappa shape index (κ1) is 22.4. The van der Waals surface area contributed by atoms with Crippen LogP contribution in [0.1, 0.15) is 10.4 Å². The highest BCUT2D eigenvalue weighted by Gasteiger charge is 2.19. The summed E-state index contributed by atoms with van der Waals surface area (Å²) in [6.45, 7) is 3.16. The Kier molecular flexibility index (Phi) is 6.24. The number of hydrogen-bond donors (Lipinski definition) is 4. The molecule has 1 unspecified atom stereocenters. The molecule has 4 N–H and O–H groups in total. The van der Waals surface area contributed by atoms with Crippen LogP contribution in [0.5, 0.6) is 0 Å². The minimum absolute atomic E-state index is 0.338. The van der Waals surface area contributed by atoms with Gasteiger partial charge >= 0.3 is 11.1 Å². The van der Waals surface area contributed by atoms with E-state index in [-0.39, 0.29) is 5.91 Å². The molecule has 5 rings (SSSR count). The highest BCUT2D eigenvalue weighted by Crippen LogP contribution is 2.32. The second kappa shape index (κ2) is 9.47. The Morgan fingerprint density at radius 1 is 0.941 bits per heavy atom. The second-order valence-electron chi connectivity index (χ2n) is 7.75. The van der Waals surface area contributed by atoms with E-state index in [2.05, 4.69) is 20.6 Å². The Morgan fingerprint density at radius 2 is 1.71 bits per heavy atom. The highest BCUT2D eigenvalue weighted by molar-refractivity contribution is 7.85. The van der Waals surface area contributed by atoms with Crippen molar-refractivity contribution < 1.29 is 9.00 Å². The van der Waals surface area contributed by atoms with Gasteiger partial charge in [-0.1, -0.05) is 12.1 Å². The molecule has 1 saturated heterocycles. The van der Waals surface area contributed by atoms with E-state index < -0.39 is 22.1 Å². The maximum atomic E-state index is 12.9. The third-order valence-electron chi connectivity index (χ3n) is 5.45. The molecule has 0 spiro atoms. The van der Waals surface area contributed by atoms with Crippen molar-refractivity contribution >= 4 is 45.0 Å². The lowest BCUT2D eigenvalue weighted by atomic mass is 10.1. The number of nitrogens with one attached hydrogen (secondary N) is 4. The largest absolute Gasteiger partial charge is 0.322 e. The number of benzene rings is 2. The van der Waals surface area contributed by atoms with E-state index in [0.717, 1.165) is 40.8 Å². The fraction of sp³-hybridized carbons (Fsp3) is 0.174. The van der Waals surface area contributed by atoms with Gasteiger partial charge in [0.05, 0.1) is 11.0 Å². The molecule has 2 aromatic carbocycles. The van der Waals surface area contributed by atoms with Crippen molar-refractivity contribution in [2.75, 3.05) is 31.5 Å². The van der Waals surface area contributed by atoms with Crippen molar-refractivity contribution in [1.82, 2.24) is 19.6 Å². The smallest absolute Gasteiger partial charge is 0.314 e. The number of carbonyl (C=O) groups excluding carboxylic acids is 1. The monoisotopic (exact) mass is 495 g/mol. The molecule has 34 heavy (non-hydrogen) atoms. The average Bonchev–Trinajstić information content (AvgIpc) is 3.35. The minimum Gasteiger partial charge on any atom is -0.322 e. The van der Waals surface area contributed by atoms with Gasteiger partial charge in [0.1, 0.15) is 15.2 Å². The third-order valence-corrected chi connectivity index (χ3v) is 8.37. The number of anilines is 1. The second-order valence-corrected chi connectivity index (χ2v) is 10.5. The number of rotatable bonds is 5. The number of aromatic amines is 2. The van der Waals surface area contributed by atoms with Gasteiger partial charge in [0.25, 0.3) is 5.91 Å². The minimum atomic E-state index is -1.18. The van der Waals surface area contributed by atoms with Crippen LogP contribution in [-0.2, 0) is 11.0 Å². The van der Waals surface area contributed by atoms with E-state index in [0.29, 0.717) is 22.3 Å². The average molecular weight is 496 g/mol.